The van der Waals surface area contributed by atoms with E-state index in [0.717, 1.165) is 48.0 Å². The van der Waals surface area contributed by atoms with Crippen LogP contribution in [0.4, 0.5) is 26.2 Å². The number of halogens is 1. The number of fused-ring (bicyclic) bond motifs is 1. The van der Waals surface area contributed by atoms with E-state index in [1.807, 2.05) is 54.6 Å². The number of nitrogens with one attached hydrogen (secondary N) is 3. The smallest absolute Gasteiger partial charge is 0.323 e. The molecule has 1 saturated heterocycles. The number of rotatable bonds is 6. The molecule has 1 heterocycles. The Morgan fingerprint density at radius 2 is 1.58 bits per heavy atom. The van der Waals surface area contributed by atoms with Crippen LogP contribution < -0.4 is 20.9 Å². The predicted molar refractivity (Wildman–Crippen MR) is 142 cm³/mol. The lowest BCUT2D eigenvalue weighted by molar-refractivity contribution is 0.0951. The summed E-state index contributed by atoms with van der Waals surface area (Å²) in [5.41, 5.74) is 3.35. The minimum absolute atomic E-state index is 0.251. The Bertz CT molecular complexity index is 1390. The largest absolute Gasteiger partial charge is 0.371 e. The fraction of sp³-hybridized carbons (Fsp3) is 0.172. The van der Waals surface area contributed by atoms with E-state index in [1.54, 1.807) is 18.2 Å². The van der Waals surface area contributed by atoms with Gasteiger partial charge in [0.1, 0.15) is 5.82 Å². The summed E-state index contributed by atoms with van der Waals surface area (Å²) in [5.74, 6) is -0.568. The molecule has 3 amide bonds. The molecular formula is C29H27FN4O2. The van der Waals surface area contributed by atoms with Gasteiger partial charge in [0, 0.05) is 36.4 Å². The normalized spacial score (nSPS) is 13.0. The second-order valence-electron chi connectivity index (χ2n) is 8.84. The molecule has 0 aliphatic carbocycles. The number of hydrogen-bond donors (Lipinski definition) is 3. The summed E-state index contributed by atoms with van der Waals surface area (Å²) >= 11 is 0. The van der Waals surface area contributed by atoms with E-state index < -0.39 is 6.03 Å². The Labute approximate surface area is 209 Å². The van der Waals surface area contributed by atoms with Crippen molar-refractivity contribution >= 4 is 39.8 Å². The first-order valence-electron chi connectivity index (χ1n) is 12.0. The van der Waals surface area contributed by atoms with Crippen molar-refractivity contribution in [2.45, 2.75) is 19.4 Å². The van der Waals surface area contributed by atoms with Gasteiger partial charge in [0.15, 0.2) is 0 Å². The van der Waals surface area contributed by atoms with Gasteiger partial charge in [-0.1, -0.05) is 48.5 Å². The van der Waals surface area contributed by atoms with Gasteiger partial charge in [0.2, 0.25) is 0 Å². The van der Waals surface area contributed by atoms with E-state index in [-0.39, 0.29) is 18.3 Å². The third kappa shape index (κ3) is 5.30. The van der Waals surface area contributed by atoms with Crippen LogP contribution >= 0.6 is 0 Å². The molecule has 0 saturated carbocycles. The number of anilines is 3. The Hall–Kier alpha value is -4.39. The van der Waals surface area contributed by atoms with E-state index in [0.29, 0.717) is 16.9 Å². The van der Waals surface area contributed by atoms with Crippen molar-refractivity contribution in [2.24, 2.45) is 0 Å². The summed E-state index contributed by atoms with van der Waals surface area (Å²) in [5, 5.41) is 10.7. The minimum Gasteiger partial charge on any atom is -0.371 e. The standard InChI is InChI=1S/C29H27FN4O2/c30-22-12-10-20(11-13-22)19-31-28(35)25-18-23(14-15-27(25)34-16-3-4-17-34)32-29(36)33-26-9-5-7-21-6-1-2-8-24(21)26/h1-2,5-15,18H,3-4,16-17,19H2,(H,31,35)(H2,32,33,36). The Morgan fingerprint density at radius 3 is 2.39 bits per heavy atom. The number of carbonyl (C=O) groups is 2. The lowest BCUT2D eigenvalue weighted by Gasteiger charge is -2.22. The van der Waals surface area contributed by atoms with Crippen LogP contribution in [0.2, 0.25) is 0 Å². The van der Waals surface area contributed by atoms with Gasteiger partial charge in [-0.25, -0.2) is 9.18 Å². The van der Waals surface area contributed by atoms with E-state index in [1.165, 1.54) is 12.1 Å². The second kappa shape index (κ2) is 10.5. The van der Waals surface area contributed by atoms with Crippen LogP contribution in [0.5, 0.6) is 0 Å². The maximum atomic E-state index is 13.2. The van der Waals surface area contributed by atoms with Crippen molar-refractivity contribution in [1.29, 1.82) is 0 Å². The van der Waals surface area contributed by atoms with E-state index in [2.05, 4.69) is 20.9 Å². The SMILES string of the molecule is O=C(Nc1ccc(N2CCCC2)c(C(=O)NCc2ccc(F)cc2)c1)Nc1cccc2ccccc12. The van der Waals surface area contributed by atoms with Crippen molar-refractivity contribution in [1.82, 2.24) is 5.32 Å². The number of hydrogen-bond acceptors (Lipinski definition) is 3. The topological polar surface area (TPSA) is 73.5 Å². The first-order chi connectivity index (χ1) is 17.6. The first-order valence-corrected chi connectivity index (χ1v) is 12.0. The molecule has 0 aromatic heterocycles. The summed E-state index contributed by atoms with van der Waals surface area (Å²) in [6, 6.07) is 24.6. The van der Waals surface area contributed by atoms with E-state index in [4.69, 9.17) is 0 Å². The number of nitrogens with zero attached hydrogens (tertiary/aromatic N) is 1. The average Bonchev–Trinajstić information content (AvgIpc) is 3.43. The second-order valence-corrected chi connectivity index (χ2v) is 8.84. The van der Waals surface area contributed by atoms with Crippen LogP contribution in [-0.2, 0) is 6.54 Å². The van der Waals surface area contributed by atoms with Crippen molar-refractivity contribution in [2.75, 3.05) is 28.6 Å². The fourth-order valence-electron chi connectivity index (χ4n) is 4.53. The monoisotopic (exact) mass is 482 g/mol. The third-order valence-corrected chi connectivity index (χ3v) is 6.35. The molecule has 5 rings (SSSR count). The number of carbonyl (C=O) groups excluding carboxylic acids is 2. The van der Waals surface area contributed by atoms with Gasteiger partial charge >= 0.3 is 6.03 Å². The highest BCUT2D eigenvalue weighted by atomic mass is 19.1. The van der Waals surface area contributed by atoms with Gasteiger partial charge < -0.3 is 20.9 Å². The van der Waals surface area contributed by atoms with Gasteiger partial charge in [-0.3, -0.25) is 4.79 Å². The quantitative estimate of drug-likeness (QED) is 0.308. The lowest BCUT2D eigenvalue weighted by atomic mass is 10.1. The van der Waals surface area contributed by atoms with E-state index in [9.17, 15) is 14.0 Å². The van der Waals surface area contributed by atoms with Crippen molar-refractivity contribution in [3.8, 4) is 0 Å². The molecule has 182 valence electrons. The van der Waals surface area contributed by atoms with Crippen LogP contribution in [0.25, 0.3) is 10.8 Å². The molecule has 1 aliphatic heterocycles. The zero-order valence-electron chi connectivity index (χ0n) is 19.8. The van der Waals surface area contributed by atoms with Crippen LogP contribution in [0.3, 0.4) is 0 Å². The summed E-state index contributed by atoms with van der Waals surface area (Å²) in [6.45, 7) is 2.04. The summed E-state index contributed by atoms with van der Waals surface area (Å²) in [4.78, 5) is 28.2. The molecule has 0 atom stereocenters. The highest BCUT2D eigenvalue weighted by Crippen LogP contribution is 2.28. The molecule has 36 heavy (non-hydrogen) atoms. The molecule has 0 bridgehead atoms. The first kappa shape index (κ1) is 23.4. The maximum Gasteiger partial charge on any atom is 0.323 e. The van der Waals surface area contributed by atoms with Crippen LogP contribution in [0, 0.1) is 5.82 Å². The summed E-state index contributed by atoms with van der Waals surface area (Å²) in [7, 11) is 0. The van der Waals surface area contributed by atoms with Crippen LogP contribution in [-0.4, -0.2) is 25.0 Å². The molecule has 7 heteroatoms. The molecule has 1 fully saturated rings. The molecule has 3 N–H and O–H groups in total. The number of benzene rings is 4. The van der Waals surface area contributed by atoms with Gasteiger partial charge in [0.25, 0.3) is 5.91 Å². The Morgan fingerprint density at radius 1 is 0.833 bits per heavy atom. The zero-order valence-corrected chi connectivity index (χ0v) is 19.8. The van der Waals surface area contributed by atoms with Gasteiger partial charge in [-0.15, -0.1) is 0 Å². The molecule has 0 radical (unpaired) electrons. The van der Waals surface area contributed by atoms with Gasteiger partial charge in [-0.2, -0.15) is 0 Å². The van der Waals surface area contributed by atoms with Gasteiger partial charge in [0.05, 0.1) is 11.3 Å². The highest BCUT2D eigenvalue weighted by molar-refractivity contribution is 6.07. The maximum absolute atomic E-state index is 13.2. The van der Waals surface area contributed by atoms with Crippen LogP contribution in [0.15, 0.2) is 84.9 Å². The molecule has 0 spiro atoms. The van der Waals surface area contributed by atoms with Crippen molar-refractivity contribution in [3.63, 3.8) is 0 Å². The lowest BCUT2D eigenvalue weighted by Crippen LogP contribution is -2.27. The molecular weight excluding hydrogens is 455 g/mol. The zero-order chi connectivity index (χ0) is 24.9. The summed E-state index contributed by atoms with van der Waals surface area (Å²) < 4.78 is 13.2. The minimum atomic E-state index is -0.391. The van der Waals surface area contributed by atoms with Crippen LogP contribution in [0.1, 0.15) is 28.8 Å². The molecule has 4 aromatic carbocycles. The predicted octanol–water partition coefficient (Wildman–Crippen LogP) is 6.15. The third-order valence-electron chi connectivity index (χ3n) is 6.35. The highest BCUT2D eigenvalue weighted by Gasteiger charge is 2.20. The Kier molecular flexibility index (Phi) is 6.80. The fourth-order valence-corrected chi connectivity index (χ4v) is 4.53. The average molecular weight is 483 g/mol. The Balaban J connectivity index is 1.34. The molecule has 6 nitrogen and oxygen atoms in total. The molecule has 0 unspecified atom stereocenters. The van der Waals surface area contributed by atoms with E-state index >= 15 is 0 Å². The number of amides is 3. The molecule has 4 aromatic rings. The van der Waals surface area contributed by atoms with Crippen molar-refractivity contribution in [3.05, 3.63) is 102 Å². The van der Waals surface area contributed by atoms with Crippen molar-refractivity contribution < 1.29 is 14.0 Å². The molecule has 1 aliphatic rings. The number of urea groups is 1. The van der Waals surface area contributed by atoms with Gasteiger partial charge in [-0.05, 0) is 60.2 Å². The summed E-state index contributed by atoms with van der Waals surface area (Å²) in [6.07, 6.45) is 2.15.